The number of carbonyl (C=O) groups is 2. The van der Waals surface area contributed by atoms with Crippen LogP contribution in [-0.2, 0) is 4.79 Å². The molecule has 0 aromatic heterocycles. The first kappa shape index (κ1) is 31.4. The maximum atomic E-state index is 13.5. The van der Waals surface area contributed by atoms with E-state index in [9.17, 15) is 14.7 Å². The van der Waals surface area contributed by atoms with Crippen LogP contribution in [0.3, 0.4) is 0 Å². The fourth-order valence-corrected chi connectivity index (χ4v) is 4.46. The van der Waals surface area contributed by atoms with E-state index in [1.807, 2.05) is 17.0 Å². The molecule has 0 atom stereocenters. The Morgan fingerprint density at radius 3 is 2.13 bits per heavy atom. The van der Waals surface area contributed by atoms with Gasteiger partial charge in [-0.05, 0) is 60.2 Å². The number of rotatable bonds is 8. The normalized spacial score (nSPS) is 13.1. The van der Waals surface area contributed by atoms with E-state index in [2.05, 4.69) is 0 Å². The Morgan fingerprint density at radius 1 is 0.974 bits per heavy atom. The minimum absolute atomic E-state index is 0. The first-order valence-electron chi connectivity index (χ1n) is 12.2. The molecule has 9 nitrogen and oxygen atoms in total. The van der Waals surface area contributed by atoms with Crippen LogP contribution < -0.4 is 15.4 Å². The molecule has 5 N–H and O–H groups in total. The number of benzene rings is 3. The predicted molar refractivity (Wildman–Crippen MR) is 158 cm³/mol. The third-order valence-corrected chi connectivity index (χ3v) is 6.56. The number of anilines is 1. The summed E-state index contributed by atoms with van der Waals surface area (Å²) in [5.74, 6) is -0.116. The van der Waals surface area contributed by atoms with Crippen molar-refractivity contribution in [3.8, 4) is 5.75 Å². The minimum atomic E-state index is -0.992. The predicted octanol–water partition coefficient (Wildman–Crippen LogP) is 4.93. The highest BCUT2D eigenvalue weighted by atomic mass is 35.5. The number of likely N-dealkylation sites (tertiary alicyclic amines) is 1. The second-order valence-corrected chi connectivity index (χ2v) is 9.17. The van der Waals surface area contributed by atoms with Gasteiger partial charge in [0.2, 0.25) is 0 Å². The van der Waals surface area contributed by atoms with Gasteiger partial charge in [0, 0.05) is 49.3 Å². The lowest BCUT2D eigenvalue weighted by atomic mass is 10.0. The summed E-state index contributed by atoms with van der Waals surface area (Å²) in [5, 5.41) is 26.4. The first-order chi connectivity index (χ1) is 17.7. The first-order valence-corrected chi connectivity index (χ1v) is 12.2. The van der Waals surface area contributed by atoms with Crippen molar-refractivity contribution in [2.24, 2.45) is 5.73 Å². The van der Waals surface area contributed by atoms with Crippen LogP contribution in [0.1, 0.15) is 42.1 Å². The number of nitrogens with zero attached hydrogens (tertiary/aromatic N) is 2. The lowest BCUT2D eigenvalue weighted by Gasteiger charge is -2.32. The number of nitrogens with two attached hydrogens (primary N) is 1. The van der Waals surface area contributed by atoms with Gasteiger partial charge in [0.25, 0.3) is 5.91 Å². The third-order valence-electron chi connectivity index (χ3n) is 6.56. The Hall–Kier alpha value is -3.82. The number of carboxylic acids is 1. The summed E-state index contributed by atoms with van der Waals surface area (Å²) in [6, 6.07) is 17.8. The number of fused-ring (bicyclic) bond motifs is 1. The number of hydrogen-bond donors (Lipinski definition) is 4. The van der Waals surface area contributed by atoms with Crippen LogP contribution in [0.2, 0.25) is 0 Å². The van der Waals surface area contributed by atoms with Crippen LogP contribution in [-0.4, -0.2) is 59.3 Å². The summed E-state index contributed by atoms with van der Waals surface area (Å²) >= 11 is 0. The zero-order valence-corrected chi connectivity index (χ0v) is 23.2. The molecule has 0 saturated carbocycles. The summed E-state index contributed by atoms with van der Waals surface area (Å²) in [4.78, 5) is 28.3. The number of amidine groups is 2. The maximum Gasteiger partial charge on any atom is 0.305 e. The van der Waals surface area contributed by atoms with E-state index in [0.717, 1.165) is 36.7 Å². The highest BCUT2D eigenvalue weighted by molar-refractivity contribution is 6.09. The van der Waals surface area contributed by atoms with Crippen LogP contribution in [0.5, 0.6) is 5.75 Å². The van der Waals surface area contributed by atoms with Gasteiger partial charge >= 0.3 is 5.97 Å². The van der Waals surface area contributed by atoms with Gasteiger partial charge in [0.05, 0.1) is 12.3 Å². The van der Waals surface area contributed by atoms with Crippen LogP contribution >= 0.6 is 24.8 Å². The Balaban J connectivity index is 0.00000267. The van der Waals surface area contributed by atoms with Gasteiger partial charge in [-0.1, -0.05) is 18.2 Å². The van der Waals surface area contributed by atoms with E-state index in [0.29, 0.717) is 28.4 Å². The van der Waals surface area contributed by atoms with Crippen LogP contribution in [0.15, 0.2) is 60.7 Å². The average Bonchev–Trinajstić information content (AvgIpc) is 2.89. The van der Waals surface area contributed by atoms with E-state index in [1.165, 1.54) is 4.90 Å². The maximum absolute atomic E-state index is 13.5. The summed E-state index contributed by atoms with van der Waals surface area (Å²) < 4.78 is 6.12. The highest BCUT2D eigenvalue weighted by Crippen LogP contribution is 2.26. The van der Waals surface area contributed by atoms with Crippen LogP contribution in [0.25, 0.3) is 10.8 Å². The zero-order valence-electron chi connectivity index (χ0n) is 21.6. The molecular weight excluding hydrogens is 541 g/mol. The van der Waals surface area contributed by atoms with Crippen LogP contribution in [0, 0.1) is 10.8 Å². The molecule has 3 aromatic rings. The zero-order chi connectivity index (χ0) is 26.5. The Labute approximate surface area is 239 Å². The van der Waals surface area contributed by atoms with Gasteiger partial charge in [0.1, 0.15) is 17.7 Å². The molecule has 1 amide bonds. The smallest absolute Gasteiger partial charge is 0.305 e. The lowest BCUT2D eigenvalue weighted by molar-refractivity contribution is -0.136. The average molecular weight is 575 g/mol. The van der Waals surface area contributed by atoms with Crippen molar-refractivity contribution in [2.45, 2.75) is 32.3 Å². The van der Waals surface area contributed by atoms with Gasteiger partial charge < -0.3 is 25.4 Å². The molecule has 39 heavy (non-hydrogen) atoms. The number of aliphatic carboxylic acids is 1. The number of piperidine rings is 1. The number of carboxylic acid groups (broad SMARTS) is 1. The number of amides is 1. The number of hydrogen-bond acceptors (Lipinski definition) is 5. The summed E-state index contributed by atoms with van der Waals surface area (Å²) in [6.45, 7) is 3.38. The van der Waals surface area contributed by atoms with Crippen molar-refractivity contribution in [3.05, 3.63) is 71.8 Å². The number of carbonyl (C=O) groups excluding carboxylic acids is 1. The largest absolute Gasteiger partial charge is 0.490 e. The molecule has 0 bridgehead atoms. The highest BCUT2D eigenvalue weighted by Gasteiger charge is 2.22. The van der Waals surface area contributed by atoms with Crippen molar-refractivity contribution in [2.75, 3.05) is 24.5 Å². The number of halogens is 2. The summed E-state index contributed by atoms with van der Waals surface area (Å²) in [7, 11) is 0. The number of nitrogen functional groups attached to an aromatic ring is 1. The van der Waals surface area contributed by atoms with Gasteiger partial charge in [-0.15, -0.1) is 24.8 Å². The van der Waals surface area contributed by atoms with Crippen molar-refractivity contribution in [3.63, 3.8) is 0 Å². The molecule has 1 aliphatic heterocycles. The summed E-state index contributed by atoms with van der Waals surface area (Å²) in [6.07, 6.45) is 1.52. The molecule has 1 saturated heterocycles. The van der Waals surface area contributed by atoms with E-state index >= 15 is 0 Å². The molecular formula is C28H33Cl2N5O4. The quantitative estimate of drug-likeness (QED) is 0.222. The van der Waals surface area contributed by atoms with E-state index < -0.39 is 5.97 Å². The second-order valence-electron chi connectivity index (χ2n) is 9.17. The van der Waals surface area contributed by atoms with E-state index in [-0.39, 0.29) is 55.6 Å². The third kappa shape index (κ3) is 7.84. The molecule has 0 unspecified atom stereocenters. The molecule has 1 heterocycles. The molecule has 1 fully saturated rings. The molecule has 0 aliphatic carbocycles. The standard InChI is InChI=1S/C28H31N5O4.2ClH/c1-18(29)32-13-10-25(11-14-32)37-24-8-6-23(7-9-24)33(15-12-26(34)35)28(36)21-5-3-19-2-4-20(27(30)31)16-22(19)17-21;;/h2-9,16-17,25,29H,10-15H2,1H3,(H3,30,31)(H,34,35);2*1H. The Kier molecular flexibility index (Phi) is 11.1. The number of nitrogens with one attached hydrogen (secondary N) is 2. The van der Waals surface area contributed by atoms with Crippen molar-refractivity contribution in [1.29, 1.82) is 10.8 Å². The number of ether oxygens (including phenoxy) is 1. The van der Waals surface area contributed by atoms with E-state index in [1.54, 1.807) is 55.5 Å². The topological polar surface area (TPSA) is 144 Å². The fraction of sp³-hybridized carbons (Fsp3) is 0.286. The summed E-state index contributed by atoms with van der Waals surface area (Å²) in [5.41, 5.74) is 7.16. The van der Waals surface area contributed by atoms with E-state index in [4.69, 9.17) is 21.3 Å². The molecule has 0 radical (unpaired) electrons. The molecule has 0 spiro atoms. The van der Waals surface area contributed by atoms with Gasteiger partial charge in [-0.25, -0.2) is 0 Å². The van der Waals surface area contributed by atoms with Gasteiger partial charge in [0.15, 0.2) is 0 Å². The fourth-order valence-electron chi connectivity index (χ4n) is 4.46. The Morgan fingerprint density at radius 2 is 1.56 bits per heavy atom. The molecule has 3 aromatic carbocycles. The van der Waals surface area contributed by atoms with Gasteiger partial charge in [-0.3, -0.25) is 20.4 Å². The lowest BCUT2D eigenvalue weighted by Crippen LogP contribution is -2.40. The van der Waals surface area contributed by atoms with Crippen molar-refractivity contribution < 1.29 is 19.4 Å². The molecule has 11 heteroatoms. The Bertz CT molecular complexity index is 1340. The van der Waals surface area contributed by atoms with Gasteiger partial charge in [-0.2, -0.15) is 0 Å². The minimum Gasteiger partial charge on any atom is -0.490 e. The molecule has 208 valence electrons. The second kappa shape index (κ2) is 13.8. The van der Waals surface area contributed by atoms with Crippen molar-refractivity contribution in [1.82, 2.24) is 4.90 Å². The molecule has 1 aliphatic rings. The SMILES string of the molecule is CC(=N)N1CCC(Oc2ccc(N(CCC(=O)O)C(=O)c3ccc4ccc(C(=N)N)cc4c3)cc2)CC1.Cl.Cl. The van der Waals surface area contributed by atoms with Crippen molar-refractivity contribution >= 4 is 64.8 Å². The molecule has 4 rings (SSSR count). The van der Waals surface area contributed by atoms with Crippen LogP contribution in [0.4, 0.5) is 5.69 Å². The monoisotopic (exact) mass is 573 g/mol.